The van der Waals surface area contributed by atoms with Crippen LogP contribution in [0.1, 0.15) is 41.4 Å². The van der Waals surface area contributed by atoms with Crippen molar-refractivity contribution in [2.45, 2.75) is 32.9 Å². The number of nitrogens with one attached hydrogen (secondary N) is 1. The second kappa shape index (κ2) is 8.49. The van der Waals surface area contributed by atoms with Crippen molar-refractivity contribution in [2.75, 3.05) is 13.7 Å². The highest BCUT2D eigenvalue weighted by Crippen LogP contribution is 2.14. The van der Waals surface area contributed by atoms with Gasteiger partial charge in [-0.2, -0.15) is 4.68 Å². The van der Waals surface area contributed by atoms with Crippen LogP contribution in [0.5, 0.6) is 0 Å². The van der Waals surface area contributed by atoms with Crippen LogP contribution in [0, 0.1) is 6.92 Å². The van der Waals surface area contributed by atoms with E-state index in [0.717, 1.165) is 18.7 Å². The molecule has 142 valence electrons. The number of benzene rings is 1. The summed E-state index contributed by atoms with van der Waals surface area (Å²) in [5.74, 6) is 1.14. The summed E-state index contributed by atoms with van der Waals surface area (Å²) in [7, 11) is 1.67. The topological polar surface area (TPSA) is 113 Å². The normalized spacial score (nSPS) is 12.1. The Morgan fingerprint density at radius 1 is 1.33 bits per heavy atom. The van der Waals surface area contributed by atoms with E-state index in [9.17, 15) is 4.79 Å². The number of methoxy groups -OCH3 is 1. The molecule has 1 atom stereocenters. The maximum atomic E-state index is 12.7. The Morgan fingerprint density at radius 2 is 2.19 bits per heavy atom. The van der Waals surface area contributed by atoms with Gasteiger partial charge in [-0.3, -0.25) is 4.79 Å². The summed E-state index contributed by atoms with van der Waals surface area (Å²) in [6.07, 6.45) is 2.50. The molecule has 1 amide bonds. The minimum Gasteiger partial charge on any atom is -0.385 e. The zero-order chi connectivity index (χ0) is 19.2. The van der Waals surface area contributed by atoms with E-state index >= 15 is 0 Å². The molecule has 1 aromatic carbocycles. The van der Waals surface area contributed by atoms with Gasteiger partial charge in [-0.05, 0) is 48.9 Å². The number of hydrogen-bond donors (Lipinski definition) is 1. The molecule has 0 saturated heterocycles. The van der Waals surface area contributed by atoms with Gasteiger partial charge in [0, 0.05) is 25.8 Å². The van der Waals surface area contributed by atoms with Gasteiger partial charge in [-0.25, -0.2) is 0 Å². The lowest BCUT2D eigenvalue weighted by Gasteiger charge is -2.15. The van der Waals surface area contributed by atoms with Crippen LogP contribution in [0.25, 0.3) is 5.69 Å². The predicted octanol–water partition coefficient (Wildman–Crippen LogP) is 1.09. The maximum absolute atomic E-state index is 12.7. The number of ether oxygens (including phenoxy) is 1. The van der Waals surface area contributed by atoms with Crippen LogP contribution in [0.15, 0.2) is 30.6 Å². The molecule has 0 aliphatic carbocycles. The van der Waals surface area contributed by atoms with Crippen LogP contribution in [0.4, 0.5) is 0 Å². The smallest absolute Gasteiger partial charge is 0.251 e. The Balaban J connectivity index is 1.71. The van der Waals surface area contributed by atoms with Gasteiger partial charge in [-0.15, -0.1) is 15.3 Å². The molecule has 10 nitrogen and oxygen atoms in total. The summed E-state index contributed by atoms with van der Waals surface area (Å²) in [5, 5.41) is 22.5. The molecule has 10 heteroatoms. The Bertz CT molecular complexity index is 904. The van der Waals surface area contributed by atoms with Crippen LogP contribution >= 0.6 is 0 Å². The summed E-state index contributed by atoms with van der Waals surface area (Å²) in [6, 6.07) is 6.84. The zero-order valence-electron chi connectivity index (χ0n) is 15.5. The number of aryl methyl sites for hydroxylation is 2. The van der Waals surface area contributed by atoms with Crippen molar-refractivity contribution in [3.63, 3.8) is 0 Å². The molecule has 0 bridgehead atoms. The Kier molecular flexibility index (Phi) is 5.87. The first-order chi connectivity index (χ1) is 13.1. The third kappa shape index (κ3) is 4.34. The molecular formula is C17H22N8O2. The molecule has 3 rings (SSSR count). The van der Waals surface area contributed by atoms with E-state index in [0.29, 0.717) is 23.8 Å². The lowest BCUT2D eigenvalue weighted by atomic mass is 10.1. The van der Waals surface area contributed by atoms with Gasteiger partial charge in [0.2, 0.25) is 0 Å². The molecule has 0 radical (unpaired) electrons. The van der Waals surface area contributed by atoms with Gasteiger partial charge in [0.15, 0.2) is 11.6 Å². The number of rotatable bonds is 8. The van der Waals surface area contributed by atoms with E-state index in [1.807, 2.05) is 17.6 Å². The SMILES string of the molecule is COCCCn1cnnc1[C@@H](C)NC(=O)c1cccc(-n2nnnc2C)c1. The molecule has 0 fully saturated rings. The number of tetrazole rings is 1. The molecule has 2 aromatic heterocycles. The highest BCUT2D eigenvalue weighted by molar-refractivity contribution is 5.94. The molecule has 0 aliphatic rings. The monoisotopic (exact) mass is 370 g/mol. The van der Waals surface area contributed by atoms with E-state index in [2.05, 4.69) is 31.0 Å². The van der Waals surface area contributed by atoms with Crippen LogP contribution in [-0.2, 0) is 11.3 Å². The van der Waals surface area contributed by atoms with E-state index < -0.39 is 0 Å². The van der Waals surface area contributed by atoms with Crippen molar-refractivity contribution in [2.24, 2.45) is 0 Å². The first-order valence-electron chi connectivity index (χ1n) is 8.63. The fourth-order valence-electron chi connectivity index (χ4n) is 2.74. The molecule has 0 spiro atoms. The van der Waals surface area contributed by atoms with Crippen LogP contribution in [-0.4, -0.2) is 54.6 Å². The summed E-state index contributed by atoms with van der Waals surface area (Å²) in [5.41, 5.74) is 1.24. The number of hydrogen-bond acceptors (Lipinski definition) is 7. The second-order valence-electron chi connectivity index (χ2n) is 6.11. The van der Waals surface area contributed by atoms with Gasteiger partial charge in [0.1, 0.15) is 6.33 Å². The maximum Gasteiger partial charge on any atom is 0.251 e. The highest BCUT2D eigenvalue weighted by atomic mass is 16.5. The molecular weight excluding hydrogens is 348 g/mol. The van der Waals surface area contributed by atoms with Crippen molar-refractivity contribution < 1.29 is 9.53 Å². The average Bonchev–Trinajstić information content (AvgIpc) is 3.31. The van der Waals surface area contributed by atoms with Gasteiger partial charge >= 0.3 is 0 Å². The molecule has 0 aliphatic heterocycles. The Labute approximate surface area is 156 Å². The van der Waals surface area contributed by atoms with Gasteiger partial charge in [0.25, 0.3) is 5.91 Å². The van der Waals surface area contributed by atoms with Crippen LogP contribution in [0.2, 0.25) is 0 Å². The third-order valence-electron chi connectivity index (χ3n) is 4.11. The van der Waals surface area contributed by atoms with Gasteiger partial charge in [-0.1, -0.05) is 6.07 Å². The first kappa shape index (κ1) is 18.6. The van der Waals surface area contributed by atoms with Crippen LogP contribution in [0.3, 0.4) is 0 Å². The van der Waals surface area contributed by atoms with E-state index in [1.54, 1.807) is 43.2 Å². The largest absolute Gasteiger partial charge is 0.385 e. The molecule has 1 N–H and O–H groups in total. The number of carbonyl (C=O) groups is 1. The predicted molar refractivity (Wildman–Crippen MR) is 96.3 cm³/mol. The van der Waals surface area contributed by atoms with Crippen molar-refractivity contribution in [1.29, 1.82) is 0 Å². The number of nitrogens with zero attached hydrogens (tertiary/aromatic N) is 7. The zero-order valence-corrected chi connectivity index (χ0v) is 15.5. The molecule has 27 heavy (non-hydrogen) atoms. The first-order valence-corrected chi connectivity index (χ1v) is 8.63. The summed E-state index contributed by atoms with van der Waals surface area (Å²) in [6.45, 7) is 5.06. The quantitative estimate of drug-likeness (QED) is 0.591. The van der Waals surface area contributed by atoms with E-state index in [-0.39, 0.29) is 11.9 Å². The Hall–Kier alpha value is -3.14. The minimum atomic E-state index is -0.291. The standard InChI is InChI=1S/C17H22N8O2/c1-12(16-21-18-11-24(16)8-5-9-27-3)19-17(26)14-6-4-7-15(10-14)25-13(2)20-22-23-25/h4,6-7,10-12H,5,8-9H2,1-3H3,(H,19,26)/t12-/m1/s1. The minimum absolute atomic E-state index is 0.207. The van der Waals surface area contributed by atoms with Crippen molar-refractivity contribution in [3.05, 3.63) is 47.8 Å². The molecule has 2 heterocycles. The fraction of sp³-hybridized carbons (Fsp3) is 0.412. The Morgan fingerprint density at radius 3 is 2.93 bits per heavy atom. The molecule has 0 unspecified atom stereocenters. The molecule has 0 saturated carbocycles. The number of amides is 1. The summed E-state index contributed by atoms with van der Waals surface area (Å²) < 4.78 is 8.57. The lowest BCUT2D eigenvalue weighted by molar-refractivity contribution is 0.0937. The van der Waals surface area contributed by atoms with E-state index in [1.165, 1.54) is 0 Å². The van der Waals surface area contributed by atoms with Gasteiger partial charge < -0.3 is 14.6 Å². The lowest BCUT2D eigenvalue weighted by Crippen LogP contribution is -2.29. The van der Waals surface area contributed by atoms with Gasteiger partial charge in [0.05, 0.1) is 11.7 Å². The molecule has 3 aromatic rings. The summed E-state index contributed by atoms with van der Waals surface area (Å²) >= 11 is 0. The van der Waals surface area contributed by atoms with Crippen molar-refractivity contribution in [1.82, 2.24) is 40.3 Å². The summed E-state index contributed by atoms with van der Waals surface area (Å²) in [4.78, 5) is 12.7. The van der Waals surface area contributed by atoms with Crippen LogP contribution < -0.4 is 5.32 Å². The highest BCUT2D eigenvalue weighted by Gasteiger charge is 2.17. The fourth-order valence-corrected chi connectivity index (χ4v) is 2.74. The average molecular weight is 370 g/mol. The van der Waals surface area contributed by atoms with Crippen molar-refractivity contribution in [3.8, 4) is 5.69 Å². The van der Waals surface area contributed by atoms with Crippen molar-refractivity contribution >= 4 is 5.91 Å². The number of carbonyl (C=O) groups excluding carboxylic acids is 1. The second-order valence-corrected chi connectivity index (χ2v) is 6.11. The third-order valence-corrected chi connectivity index (χ3v) is 4.11. The van der Waals surface area contributed by atoms with E-state index in [4.69, 9.17) is 4.74 Å². The number of aromatic nitrogens is 7.